The molecule has 174 valence electrons. The Bertz CT molecular complexity index is 1120. The number of rotatable bonds is 6. The first-order valence-corrected chi connectivity index (χ1v) is 12.3. The molecular formula is C25H31N5O2S. The molecule has 1 aliphatic heterocycles. The third-order valence-electron chi connectivity index (χ3n) is 5.88. The van der Waals surface area contributed by atoms with Gasteiger partial charge < -0.3 is 14.8 Å². The standard InChI is InChI=1S/C25H31N5O2S/c1-16(2)12-20(26-24(31)19-14-17(3)13-18(4)15-19)23-28-27-22-7-8-29(9-10-30(22)23)25(32)21-6-5-11-33-21/h5-6,11,13-16,20H,7-10,12H2,1-4H3,(H,26,31). The summed E-state index contributed by atoms with van der Waals surface area (Å²) in [4.78, 5) is 28.6. The van der Waals surface area contributed by atoms with Gasteiger partial charge in [-0.05, 0) is 49.8 Å². The van der Waals surface area contributed by atoms with Crippen LogP contribution in [0.1, 0.15) is 69.1 Å². The molecule has 33 heavy (non-hydrogen) atoms. The van der Waals surface area contributed by atoms with E-state index in [1.807, 2.05) is 48.4 Å². The van der Waals surface area contributed by atoms with Crippen LogP contribution >= 0.6 is 11.3 Å². The number of nitrogens with one attached hydrogen (secondary N) is 1. The fraction of sp³-hybridized carbons (Fsp3) is 0.440. The topological polar surface area (TPSA) is 80.1 Å². The van der Waals surface area contributed by atoms with Gasteiger partial charge in [-0.1, -0.05) is 37.1 Å². The van der Waals surface area contributed by atoms with Crippen molar-refractivity contribution in [3.05, 3.63) is 68.9 Å². The first-order valence-electron chi connectivity index (χ1n) is 11.5. The monoisotopic (exact) mass is 465 g/mol. The summed E-state index contributed by atoms with van der Waals surface area (Å²) in [6, 6.07) is 9.39. The summed E-state index contributed by atoms with van der Waals surface area (Å²) >= 11 is 1.47. The first kappa shape index (κ1) is 23.2. The smallest absolute Gasteiger partial charge is 0.263 e. The van der Waals surface area contributed by atoms with Gasteiger partial charge in [-0.2, -0.15) is 0 Å². The van der Waals surface area contributed by atoms with Crippen molar-refractivity contribution < 1.29 is 9.59 Å². The average molecular weight is 466 g/mol. The van der Waals surface area contributed by atoms with Gasteiger partial charge in [0.15, 0.2) is 5.82 Å². The number of amides is 2. The van der Waals surface area contributed by atoms with Crippen LogP contribution in [0.4, 0.5) is 0 Å². The number of nitrogens with zero attached hydrogens (tertiary/aromatic N) is 4. The molecule has 0 aliphatic carbocycles. The maximum atomic E-state index is 13.1. The number of benzene rings is 1. The fourth-order valence-corrected chi connectivity index (χ4v) is 5.10. The van der Waals surface area contributed by atoms with E-state index in [1.54, 1.807) is 0 Å². The van der Waals surface area contributed by atoms with Crippen LogP contribution in [0.2, 0.25) is 0 Å². The lowest BCUT2D eigenvalue weighted by atomic mass is 10.0. The summed E-state index contributed by atoms with van der Waals surface area (Å²) in [6.07, 6.45) is 1.40. The van der Waals surface area contributed by atoms with Crippen molar-refractivity contribution in [3.8, 4) is 0 Å². The zero-order valence-corrected chi connectivity index (χ0v) is 20.5. The number of thiophene rings is 1. The van der Waals surface area contributed by atoms with Gasteiger partial charge in [-0.15, -0.1) is 21.5 Å². The minimum atomic E-state index is -0.251. The highest BCUT2D eigenvalue weighted by Crippen LogP contribution is 2.24. The van der Waals surface area contributed by atoms with E-state index in [-0.39, 0.29) is 17.9 Å². The SMILES string of the molecule is Cc1cc(C)cc(C(=O)NC(CC(C)C)c2nnc3n2CCN(C(=O)c2cccs2)CC3)c1. The highest BCUT2D eigenvalue weighted by Gasteiger charge is 2.28. The van der Waals surface area contributed by atoms with Gasteiger partial charge in [-0.3, -0.25) is 9.59 Å². The summed E-state index contributed by atoms with van der Waals surface area (Å²) in [5, 5.41) is 14.1. The Morgan fingerprint density at radius 2 is 1.85 bits per heavy atom. The van der Waals surface area contributed by atoms with E-state index in [4.69, 9.17) is 0 Å². The van der Waals surface area contributed by atoms with Gasteiger partial charge in [0.2, 0.25) is 0 Å². The summed E-state index contributed by atoms with van der Waals surface area (Å²) < 4.78 is 2.09. The van der Waals surface area contributed by atoms with Gasteiger partial charge in [0.25, 0.3) is 11.8 Å². The van der Waals surface area contributed by atoms with Gasteiger partial charge in [0, 0.05) is 31.6 Å². The summed E-state index contributed by atoms with van der Waals surface area (Å²) in [5.41, 5.74) is 2.78. The van der Waals surface area contributed by atoms with Crippen LogP contribution in [0.15, 0.2) is 35.7 Å². The van der Waals surface area contributed by atoms with Gasteiger partial charge in [0.1, 0.15) is 5.82 Å². The van der Waals surface area contributed by atoms with Crippen molar-refractivity contribution in [1.82, 2.24) is 25.0 Å². The quantitative estimate of drug-likeness (QED) is 0.592. The highest BCUT2D eigenvalue weighted by atomic mass is 32.1. The summed E-state index contributed by atoms with van der Waals surface area (Å²) in [7, 11) is 0. The lowest BCUT2D eigenvalue weighted by molar-refractivity contribution is 0.0763. The second-order valence-electron chi connectivity index (χ2n) is 9.18. The van der Waals surface area contributed by atoms with Crippen LogP contribution in [-0.4, -0.2) is 44.6 Å². The fourth-order valence-electron chi connectivity index (χ4n) is 4.41. The van der Waals surface area contributed by atoms with E-state index in [0.29, 0.717) is 37.5 Å². The van der Waals surface area contributed by atoms with Crippen molar-refractivity contribution in [2.75, 3.05) is 13.1 Å². The van der Waals surface area contributed by atoms with E-state index >= 15 is 0 Å². The molecule has 0 fully saturated rings. The molecule has 1 atom stereocenters. The molecule has 1 aromatic carbocycles. The zero-order chi connectivity index (χ0) is 23.5. The van der Waals surface area contributed by atoms with Crippen LogP contribution in [0.3, 0.4) is 0 Å². The number of hydrogen-bond donors (Lipinski definition) is 1. The second-order valence-corrected chi connectivity index (χ2v) is 10.1. The van der Waals surface area contributed by atoms with Crippen molar-refractivity contribution in [1.29, 1.82) is 0 Å². The van der Waals surface area contributed by atoms with Crippen molar-refractivity contribution in [3.63, 3.8) is 0 Å². The predicted octanol–water partition coefficient (Wildman–Crippen LogP) is 4.17. The Morgan fingerprint density at radius 1 is 1.09 bits per heavy atom. The average Bonchev–Trinajstić information content (AvgIpc) is 3.38. The Morgan fingerprint density at radius 3 is 2.52 bits per heavy atom. The van der Waals surface area contributed by atoms with Gasteiger partial charge >= 0.3 is 0 Å². The van der Waals surface area contributed by atoms with Gasteiger partial charge in [-0.25, -0.2) is 0 Å². The largest absolute Gasteiger partial charge is 0.342 e. The molecule has 7 nitrogen and oxygen atoms in total. The predicted molar refractivity (Wildman–Crippen MR) is 130 cm³/mol. The number of aryl methyl sites for hydroxylation is 2. The van der Waals surface area contributed by atoms with Crippen molar-refractivity contribution in [2.45, 2.75) is 53.1 Å². The molecule has 3 heterocycles. The number of hydrogen-bond acceptors (Lipinski definition) is 5. The molecule has 8 heteroatoms. The van der Waals surface area contributed by atoms with E-state index < -0.39 is 0 Å². The molecule has 1 N–H and O–H groups in total. The Labute approximate surface area is 198 Å². The Balaban J connectivity index is 1.55. The Kier molecular flexibility index (Phi) is 6.93. The number of carbonyl (C=O) groups excluding carboxylic acids is 2. The van der Waals surface area contributed by atoms with Gasteiger partial charge in [0.05, 0.1) is 10.9 Å². The molecule has 0 radical (unpaired) electrons. The minimum absolute atomic E-state index is 0.0621. The van der Waals surface area contributed by atoms with E-state index in [2.05, 4.69) is 40.0 Å². The molecule has 2 amide bonds. The lowest BCUT2D eigenvalue weighted by Crippen LogP contribution is -2.34. The molecular weight excluding hydrogens is 434 g/mol. The highest BCUT2D eigenvalue weighted by molar-refractivity contribution is 7.12. The maximum absolute atomic E-state index is 13.1. The van der Waals surface area contributed by atoms with E-state index in [9.17, 15) is 9.59 Å². The third kappa shape index (κ3) is 5.33. The van der Waals surface area contributed by atoms with Crippen molar-refractivity contribution >= 4 is 23.2 Å². The summed E-state index contributed by atoms with van der Waals surface area (Å²) in [5.74, 6) is 1.95. The zero-order valence-electron chi connectivity index (χ0n) is 19.7. The minimum Gasteiger partial charge on any atom is -0.342 e. The molecule has 2 aromatic heterocycles. The lowest BCUT2D eigenvalue weighted by Gasteiger charge is -2.22. The normalized spacial score (nSPS) is 14.6. The number of aromatic nitrogens is 3. The van der Waals surface area contributed by atoms with Crippen LogP contribution in [0, 0.1) is 19.8 Å². The van der Waals surface area contributed by atoms with Crippen LogP contribution in [0.5, 0.6) is 0 Å². The van der Waals surface area contributed by atoms with Crippen LogP contribution in [-0.2, 0) is 13.0 Å². The molecule has 0 bridgehead atoms. The molecule has 0 saturated carbocycles. The van der Waals surface area contributed by atoms with E-state index in [0.717, 1.165) is 34.1 Å². The molecule has 1 aliphatic rings. The second kappa shape index (κ2) is 9.87. The maximum Gasteiger partial charge on any atom is 0.263 e. The number of carbonyl (C=O) groups is 2. The summed E-state index contributed by atoms with van der Waals surface area (Å²) in [6.45, 7) is 10.1. The first-order chi connectivity index (χ1) is 15.8. The molecule has 3 aromatic rings. The molecule has 1 unspecified atom stereocenters. The van der Waals surface area contributed by atoms with Crippen LogP contribution < -0.4 is 5.32 Å². The van der Waals surface area contributed by atoms with Crippen molar-refractivity contribution in [2.24, 2.45) is 5.92 Å². The molecule has 0 saturated heterocycles. The van der Waals surface area contributed by atoms with Crippen LogP contribution in [0.25, 0.3) is 0 Å². The van der Waals surface area contributed by atoms with E-state index in [1.165, 1.54) is 11.3 Å². The Hall–Kier alpha value is -3.00. The third-order valence-corrected chi connectivity index (χ3v) is 6.74. The molecule has 4 rings (SSSR count). The number of fused-ring (bicyclic) bond motifs is 1. The molecule has 0 spiro atoms.